The maximum atomic E-state index is 13.2. The number of rotatable bonds is 5. The Hall–Kier alpha value is -2.40. The minimum absolute atomic E-state index is 0.258. The number of nitrogens with one attached hydrogen (secondary N) is 1. The van der Waals surface area contributed by atoms with Gasteiger partial charge in [-0.3, -0.25) is 4.90 Å². The van der Waals surface area contributed by atoms with Gasteiger partial charge in [0.1, 0.15) is 5.82 Å². The van der Waals surface area contributed by atoms with Gasteiger partial charge in [-0.25, -0.2) is 9.18 Å². The number of likely N-dealkylation sites (tertiary alicyclic amines) is 1. The van der Waals surface area contributed by atoms with Crippen LogP contribution in [-0.4, -0.2) is 36.6 Å². The van der Waals surface area contributed by atoms with E-state index in [-0.39, 0.29) is 5.56 Å². The molecule has 1 saturated heterocycles. The van der Waals surface area contributed by atoms with E-state index >= 15 is 0 Å². The van der Waals surface area contributed by atoms with Crippen molar-refractivity contribution in [2.75, 3.05) is 19.0 Å². The maximum Gasteiger partial charge on any atom is 0.338 e. The summed E-state index contributed by atoms with van der Waals surface area (Å²) in [6, 6.07) is 14.9. The molecule has 30 heavy (non-hydrogen) atoms. The van der Waals surface area contributed by atoms with Gasteiger partial charge in [-0.05, 0) is 63.8 Å². The highest BCUT2D eigenvalue weighted by atomic mass is 19.1. The number of esters is 1. The Labute approximate surface area is 180 Å². The van der Waals surface area contributed by atoms with Gasteiger partial charge in [-0.1, -0.05) is 36.8 Å². The van der Waals surface area contributed by atoms with Gasteiger partial charge in [0.2, 0.25) is 0 Å². The topological polar surface area (TPSA) is 41.6 Å². The van der Waals surface area contributed by atoms with Crippen LogP contribution in [0.25, 0.3) is 0 Å². The van der Waals surface area contributed by atoms with Gasteiger partial charge >= 0.3 is 5.97 Å². The summed E-state index contributed by atoms with van der Waals surface area (Å²) in [5.41, 5.74) is 3.02. The zero-order valence-corrected chi connectivity index (χ0v) is 18.9. The minimum atomic E-state index is -0.522. The lowest BCUT2D eigenvalue weighted by atomic mass is 9.97. The first-order chi connectivity index (χ1) is 14.4. The smallest absolute Gasteiger partial charge is 0.338 e. The summed E-state index contributed by atoms with van der Waals surface area (Å²) in [5.74, 6) is -0.969. The average Bonchev–Trinajstić information content (AvgIpc) is 2.74. The third-order valence-corrected chi connectivity index (χ3v) is 5.73. The molecular weight excluding hydrogens is 379 g/mol. The van der Waals surface area contributed by atoms with Crippen LogP contribution in [0.4, 0.5) is 10.1 Å². The van der Waals surface area contributed by atoms with E-state index in [4.69, 9.17) is 0 Å². The van der Waals surface area contributed by atoms with E-state index in [0.717, 1.165) is 18.6 Å². The van der Waals surface area contributed by atoms with Crippen LogP contribution in [-0.2, 0) is 11.3 Å². The predicted molar refractivity (Wildman–Crippen MR) is 121 cm³/mol. The van der Waals surface area contributed by atoms with Crippen LogP contribution in [0.1, 0.15) is 61.5 Å². The molecule has 1 aliphatic rings. The van der Waals surface area contributed by atoms with Crippen LogP contribution < -0.4 is 5.32 Å². The Bertz CT molecular complexity index is 800. The number of piperidine rings is 1. The second-order valence-corrected chi connectivity index (χ2v) is 7.93. The molecule has 2 aromatic carbocycles. The fourth-order valence-electron chi connectivity index (χ4n) is 3.96. The third kappa shape index (κ3) is 6.56. The van der Waals surface area contributed by atoms with Crippen molar-refractivity contribution in [3.63, 3.8) is 0 Å². The molecule has 1 aliphatic heterocycles. The van der Waals surface area contributed by atoms with Crippen molar-refractivity contribution in [3.05, 3.63) is 65.0 Å². The molecule has 2 atom stereocenters. The van der Waals surface area contributed by atoms with Gasteiger partial charge < -0.3 is 10.1 Å². The number of anilines is 1. The molecule has 0 bridgehead atoms. The highest BCUT2D eigenvalue weighted by molar-refractivity contribution is 5.92. The lowest BCUT2D eigenvalue weighted by Gasteiger charge is -2.39. The van der Waals surface area contributed by atoms with E-state index in [1.54, 1.807) is 6.92 Å². The summed E-state index contributed by atoms with van der Waals surface area (Å²) >= 11 is 0. The number of carbonyl (C=O) groups is 1. The summed E-state index contributed by atoms with van der Waals surface area (Å²) in [5, 5.41) is 2.99. The molecule has 0 spiro atoms. The van der Waals surface area contributed by atoms with Crippen LogP contribution in [0.5, 0.6) is 0 Å². The van der Waals surface area contributed by atoms with Crippen molar-refractivity contribution in [3.8, 4) is 0 Å². The third-order valence-electron chi connectivity index (χ3n) is 5.73. The van der Waals surface area contributed by atoms with Gasteiger partial charge in [-0.15, -0.1) is 0 Å². The monoisotopic (exact) mass is 414 g/mol. The molecule has 1 fully saturated rings. The number of carbonyl (C=O) groups excluding carboxylic acids is 1. The SMILES string of the molecule is CC1CCCC(C)N1Cc1ccccc1.CCNc1cc(F)cc(C(=O)OC)c1C. The molecule has 0 radical (unpaired) electrons. The molecule has 0 aliphatic carbocycles. The standard InChI is InChI=1S/C14H21N.C11H14FNO2/c1-12-7-6-8-13(2)15(12)11-14-9-4-3-5-10-14;1-4-13-10-6-8(12)5-9(7(10)2)11(14)15-3/h3-5,9-10,12-13H,6-8,11H2,1-2H3;5-6,13H,4H2,1-3H3. The molecule has 2 unspecified atom stereocenters. The van der Waals surface area contributed by atoms with Crippen molar-refractivity contribution in [2.24, 2.45) is 0 Å². The maximum absolute atomic E-state index is 13.2. The number of hydrogen-bond donors (Lipinski definition) is 1. The number of hydrogen-bond acceptors (Lipinski definition) is 4. The largest absolute Gasteiger partial charge is 0.465 e. The van der Waals surface area contributed by atoms with E-state index in [1.807, 2.05) is 6.92 Å². The van der Waals surface area contributed by atoms with Crippen molar-refractivity contribution >= 4 is 11.7 Å². The molecule has 1 N–H and O–H groups in total. The zero-order chi connectivity index (χ0) is 22.1. The second-order valence-electron chi connectivity index (χ2n) is 7.93. The van der Waals surface area contributed by atoms with Crippen LogP contribution in [0.15, 0.2) is 42.5 Å². The lowest BCUT2D eigenvalue weighted by molar-refractivity contribution is 0.0599. The van der Waals surface area contributed by atoms with E-state index in [0.29, 0.717) is 17.8 Å². The Balaban J connectivity index is 0.000000214. The van der Waals surface area contributed by atoms with Crippen LogP contribution in [0, 0.1) is 12.7 Å². The minimum Gasteiger partial charge on any atom is -0.465 e. The van der Waals surface area contributed by atoms with Gasteiger partial charge in [0.05, 0.1) is 12.7 Å². The summed E-state index contributed by atoms with van der Waals surface area (Å²) < 4.78 is 17.8. The number of nitrogens with zero attached hydrogens (tertiary/aromatic N) is 1. The fraction of sp³-hybridized carbons (Fsp3) is 0.480. The summed E-state index contributed by atoms with van der Waals surface area (Å²) in [6.45, 7) is 10.2. The first kappa shape index (κ1) is 23.9. The molecule has 0 saturated carbocycles. The second kappa shape index (κ2) is 11.7. The van der Waals surface area contributed by atoms with Crippen molar-refractivity contribution in [1.82, 2.24) is 4.90 Å². The van der Waals surface area contributed by atoms with Gasteiger partial charge in [0.15, 0.2) is 0 Å². The Morgan fingerprint density at radius 1 is 1.17 bits per heavy atom. The summed E-state index contributed by atoms with van der Waals surface area (Å²) in [4.78, 5) is 14.0. The van der Waals surface area contributed by atoms with Crippen LogP contribution in [0.3, 0.4) is 0 Å². The number of methoxy groups -OCH3 is 1. The van der Waals surface area contributed by atoms with Gasteiger partial charge in [0, 0.05) is 30.9 Å². The summed E-state index contributed by atoms with van der Waals surface area (Å²) in [7, 11) is 1.28. The fourth-order valence-corrected chi connectivity index (χ4v) is 3.96. The quantitative estimate of drug-likeness (QED) is 0.628. The van der Waals surface area contributed by atoms with E-state index in [1.165, 1.54) is 44.1 Å². The van der Waals surface area contributed by atoms with Crippen molar-refractivity contribution in [2.45, 2.75) is 65.6 Å². The Morgan fingerprint density at radius 3 is 2.37 bits per heavy atom. The number of ether oxygens (including phenoxy) is 1. The number of benzene rings is 2. The van der Waals surface area contributed by atoms with E-state index < -0.39 is 11.8 Å². The molecule has 164 valence electrons. The molecule has 3 rings (SSSR count). The van der Waals surface area contributed by atoms with Crippen molar-refractivity contribution < 1.29 is 13.9 Å². The first-order valence-electron chi connectivity index (χ1n) is 10.8. The highest BCUT2D eigenvalue weighted by Crippen LogP contribution is 2.24. The van der Waals surface area contributed by atoms with Crippen LogP contribution >= 0.6 is 0 Å². The molecule has 4 nitrogen and oxygen atoms in total. The molecular formula is C25H35FN2O2. The van der Waals surface area contributed by atoms with E-state index in [2.05, 4.69) is 59.1 Å². The van der Waals surface area contributed by atoms with Gasteiger partial charge in [0.25, 0.3) is 0 Å². The Kier molecular flexibility index (Phi) is 9.31. The first-order valence-corrected chi connectivity index (χ1v) is 10.8. The number of halogens is 1. The lowest BCUT2D eigenvalue weighted by Crippen LogP contribution is -2.42. The van der Waals surface area contributed by atoms with E-state index in [9.17, 15) is 9.18 Å². The molecule has 1 heterocycles. The molecule has 0 aromatic heterocycles. The Morgan fingerprint density at radius 2 is 1.80 bits per heavy atom. The molecule has 0 amide bonds. The van der Waals surface area contributed by atoms with Gasteiger partial charge in [-0.2, -0.15) is 0 Å². The summed E-state index contributed by atoms with van der Waals surface area (Å²) in [6.07, 6.45) is 4.11. The van der Waals surface area contributed by atoms with Crippen molar-refractivity contribution in [1.29, 1.82) is 0 Å². The molecule has 5 heteroatoms. The van der Waals surface area contributed by atoms with Crippen LogP contribution in [0.2, 0.25) is 0 Å². The molecule has 2 aromatic rings. The normalized spacial score (nSPS) is 18.9. The zero-order valence-electron chi connectivity index (χ0n) is 18.9. The predicted octanol–water partition coefficient (Wildman–Crippen LogP) is 5.80. The average molecular weight is 415 g/mol. The highest BCUT2D eigenvalue weighted by Gasteiger charge is 2.24.